The standard InChI is InChI=1S/2C19H14N.2ClH.Hf/c2*1-13-6-9-19(20-12-13)16-10-15-8-7-14-4-2-3-5-17(14)18(15)11-16;;;/h2*2-12H,1H3;2*1H;/q2*-1;;;+4/p-2. The van der Waals surface area contributed by atoms with Gasteiger partial charge in [0.1, 0.15) is 0 Å². The number of hydrogen-bond acceptors (Lipinski definition) is 2. The van der Waals surface area contributed by atoms with E-state index in [1.807, 2.05) is 12.4 Å². The Morgan fingerprint density at radius 2 is 0.884 bits per heavy atom. The van der Waals surface area contributed by atoms with E-state index in [4.69, 9.17) is 0 Å². The molecule has 0 aliphatic rings. The summed E-state index contributed by atoms with van der Waals surface area (Å²) in [5.74, 6) is 0. The molecule has 0 aliphatic carbocycles. The van der Waals surface area contributed by atoms with Crippen molar-refractivity contribution in [3.8, 4) is 22.5 Å². The van der Waals surface area contributed by atoms with Gasteiger partial charge in [0.25, 0.3) is 0 Å². The number of hydrogen-bond donors (Lipinski definition) is 0. The summed E-state index contributed by atoms with van der Waals surface area (Å²) in [7, 11) is 0. The van der Waals surface area contributed by atoms with Crippen LogP contribution in [-0.4, -0.2) is 9.97 Å². The molecule has 0 saturated heterocycles. The molecule has 2 aromatic heterocycles. The van der Waals surface area contributed by atoms with Gasteiger partial charge in [-0.2, -0.15) is 0 Å². The average molecular weight is 762 g/mol. The molecule has 0 aliphatic heterocycles. The van der Waals surface area contributed by atoms with E-state index in [0.717, 1.165) is 11.4 Å². The number of pyridine rings is 2. The van der Waals surface area contributed by atoms with Crippen molar-refractivity contribution in [2.24, 2.45) is 0 Å². The van der Waals surface area contributed by atoms with E-state index in [9.17, 15) is 0 Å². The van der Waals surface area contributed by atoms with Gasteiger partial charge in [0.05, 0.1) is 0 Å². The fourth-order valence-electron chi connectivity index (χ4n) is 5.50. The van der Waals surface area contributed by atoms with E-state index in [-0.39, 0.29) is 50.7 Å². The number of benzene rings is 4. The Morgan fingerprint density at radius 1 is 0.465 bits per heavy atom. The van der Waals surface area contributed by atoms with Crippen LogP contribution in [0.3, 0.4) is 0 Å². The molecule has 0 bridgehead atoms. The second-order valence-electron chi connectivity index (χ2n) is 10.5. The minimum absolute atomic E-state index is 0. The molecule has 0 spiro atoms. The molecule has 43 heavy (non-hydrogen) atoms. The van der Waals surface area contributed by atoms with Crippen molar-refractivity contribution in [2.75, 3.05) is 0 Å². The van der Waals surface area contributed by atoms with Crippen LogP contribution >= 0.6 is 0 Å². The van der Waals surface area contributed by atoms with E-state index in [1.54, 1.807) is 0 Å². The van der Waals surface area contributed by atoms with Crippen molar-refractivity contribution >= 4 is 43.1 Å². The second-order valence-corrected chi connectivity index (χ2v) is 10.5. The van der Waals surface area contributed by atoms with E-state index in [0.29, 0.717) is 0 Å². The first-order valence-electron chi connectivity index (χ1n) is 13.6. The smallest absolute Gasteiger partial charge is 1.00 e. The zero-order valence-corrected chi connectivity index (χ0v) is 29.0. The molecule has 6 aromatic carbocycles. The van der Waals surface area contributed by atoms with Gasteiger partial charge >= 0.3 is 25.8 Å². The maximum Gasteiger partial charge on any atom is 4.00 e. The van der Waals surface area contributed by atoms with Crippen LogP contribution in [0.25, 0.3) is 65.6 Å². The summed E-state index contributed by atoms with van der Waals surface area (Å²) in [5.41, 5.74) is 6.84. The molecule has 0 fully saturated rings. The van der Waals surface area contributed by atoms with Gasteiger partial charge in [-0.05, 0) is 35.7 Å². The molecule has 5 heteroatoms. The molecule has 208 valence electrons. The molecular formula is C38H28Cl2HfN2. The first kappa shape index (κ1) is 32.3. The third-order valence-electron chi connectivity index (χ3n) is 7.64. The molecule has 0 atom stereocenters. The largest absolute Gasteiger partial charge is 4.00 e. The number of aromatic nitrogens is 2. The van der Waals surface area contributed by atoms with Crippen molar-refractivity contribution in [3.63, 3.8) is 0 Å². The summed E-state index contributed by atoms with van der Waals surface area (Å²) in [6.07, 6.45) is 3.84. The Morgan fingerprint density at radius 3 is 1.28 bits per heavy atom. The van der Waals surface area contributed by atoms with Crippen LogP contribution in [0.2, 0.25) is 0 Å². The van der Waals surface area contributed by atoms with E-state index in [1.165, 1.54) is 65.3 Å². The van der Waals surface area contributed by atoms with Crippen LogP contribution < -0.4 is 24.8 Å². The molecular weight excluding hydrogens is 734 g/mol. The van der Waals surface area contributed by atoms with E-state index in [2.05, 4.69) is 145 Å². The minimum Gasteiger partial charge on any atom is -1.00 e. The third-order valence-corrected chi connectivity index (χ3v) is 7.64. The van der Waals surface area contributed by atoms with Crippen molar-refractivity contribution < 1.29 is 50.7 Å². The number of rotatable bonds is 2. The Kier molecular flexibility index (Phi) is 10.3. The van der Waals surface area contributed by atoms with Gasteiger partial charge in [0, 0.05) is 23.8 Å². The van der Waals surface area contributed by atoms with Gasteiger partial charge < -0.3 is 24.8 Å². The summed E-state index contributed by atoms with van der Waals surface area (Å²) in [4.78, 5) is 9.05. The Balaban J connectivity index is 0.000000184. The summed E-state index contributed by atoms with van der Waals surface area (Å²) in [5, 5.41) is 10.4. The monoisotopic (exact) mass is 762 g/mol. The van der Waals surface area contributed by atoms with Gasteiger partial charge in [-0.15, -0.1) is 69.1 Å². The van der Waals surface area contributed by atoms with Gasteiger partial charge in [-0.25, -0.2) is 0 Å². The van der Waals surface area contributed by atoms with Crippen LogP contribution in [0, 0.1) is 13.8 Å². The molecule has 0 unspecified atom stereocenters. The van der Waals surface area contributed by atoms with Crippen molar-refractivity contribution in [2.45, 2.75) is 13.8 Å². The maximum atomic E-state index is 4.52. The predicted octanol–water partition coefficient (Wildman–Crippen LogP) is 4.17. The predicted molar refractivity (Wildman–Crippen MR) is 170 cm³/mol. The zero-order chi connectivity index (χ0) is 27.1. The average Bonchev–Trinajstić information content (AvgIpc) is 3.64. The van der Waals surface area contributed by atoms with Crippen LogP contribution in [-0.2, 0) is 25.8 Å². The molecule has 0 amide bonds. The maximum absolute atomic E-state index is 4.52. The molecule has 8 aromatic rings. The Labute approximate surface area is 283 Å². The van der Waals surface area contributed by atoms with Crippen LogP contribution in [0.5, 0.6) is 0 Å². The topological polar surface area (TPSA) is 25.8 Å². The molecule has 8 rings (SSSR count). The van der Waals surface area contributed by atoms with Gasteiger partial charge in [0.15, 0.2) is 0 Å². The normalized spacial score (nSPS) is 10.5. The Bertz CT molecular complexity index is 1970. The molecule has 2 heterocycles. The quantitative estimate of drug-likeness (QED) is 0.196. The number of nitrogens with zero attached hydrogens (tertiary/aromatic N) is 2. The number of fused-ring (bicyclic) bond motifs is 6. The fourth-order valence-corrected chi connectivity index (χ4v) is 5.50. The van der Waals surface area contributed by atoms with Crippen LogP contribution in [0.4, 0.5) is 0 Å². The van der Waals surface area contributed by atoms with Gasteiger partial charge in [-0.3, -0.25) is 9.97 Å². The third kappa shape index (κ3) is 6.50. The van der Waals surface area contributed by atoms with E-state index >= 15 is 0 Å². The summed E-state index contributed by atoms with van der Waals surface area (Å²) >= 11 is 0. The molecule has 0 N–H and O–H groups in total. The summed E-state index contributed by atoms with van der Waals surface area (Å²) in [6, 6.07) is 43.1. The SMILES string of the molecule is Cc1ccc(-c2cc3c(ccc4ccccc43)[cH-]2)nc1.Cc1ccc(-c2cc3c(ccc4ccccc43)[cH-]2)nc1.[Cl-].[Cl-].[Hf+4]. The number of aryl methyl sites for hydroxylation is 2. The van der Waals surface area contributed by atoms with Crippen molar-refractivity contribution in [1.82, 2.24) is 9.97 Å². The van der Waals surface area contributed by atoms with Crippen molar-refractivity contribution in [3.05, 3.63) is 145 Å². The first-order chi connectivity index (χ1) is 19.6. The van der Waals surface area contributed by atoms with Gasteiger partial charge in [0.2, 0.25) is 0 Å². The summed E-state index contributed by atoms with van der Waals surface area (Å²) < 4.78 is 0. The van der Waals surface area contributed by atoms with Crippen molar-refractivity contribution in [1.29, 1.82) is 0 Å². The fraction of sp³-hybridized carbons (Fsp3) is 0.0526. The van der Waals surface area contributed by atoms with Crippen LogP contribution in [0.1, 0.15) is 11.1 Å². The van der Waals surface area contributed by atoms with Gasteiger partial charge in [-0.1, -0.05) is 95.7 Å². The zero-order valence-electron chi connectivity index (χ0n) is 23.9. The molecule has 0 saturated carbocycles. The van der Waals surface area contributed by atoms with Crippen LogP contribution in [0.15, 0.2) is 134 Å². The second kappa shape index (κ2) is 13.8. The first-order valence-corrected chi connectivity index (χ1v) is 13.6. The summed E-state index contributed by atoms with van der Waals surface area (Å²) in [6.45, 7) is 4.12. The minimum atomic E-state index is 0. The van der Waals surface area contributed by atoms with E-state index < -0.39 is 0 Å². The number of halogens is 2. The Hall–Kier alpha value is -3.63. The molecule has 0 radical (unpaired) electrons. The molecule has 2 nitrogen and oxygen atoms in total.